The molecule has 0 bridgehead atoms. The molecule has 3 fully saturated rings. The summed E-state index contributed by atoms with van der Waals surface area (Å²) in [6.45, 7) is 1.14. The lowest BCUT2D eigenvalue weighted by Gasteiger charge is -2.29. The van der Waals surface area contributed by atoms with Gasteiger partial charge in [-0.2, -0.15) is 8.78 Å². The van der Waals surface area contributed by atoms with Crippen LogP contribution in [0.4, 0.5) is 8.78 Å². The number of aromatic nitrogens is 1. The van der Waals surface area contributed by atoms with Crippen molar-refractivity contribution in [2.24, 2.45) is 5.92 Å². The first-order valence-corrected chi connectivity index (χ1v) is 16.0. The van der Waals surface area contributed by atoms with Crippen molar-refractivity contribution in [1.82, 2.24) is 14.8 Å². The number of halogens is 4. The Kier molecular flexibility index (Phi) is 11.2. The van der Waals surface area contributed by atoms with Crippen LogP contribution < -0.4 is 9.47 Å². The third-order valence-corrected chi connectivity index (χ3v) is 9.32. The molecule has 3 heterocycles. The molecular weight excluding hydrogens is 627 g/mol. The van der Waals surface area contributed by atoms with E-state index in [2.05, 4.69) is 14.6 Å². The van der Waals surface area contributed by atoms with E-state index in [1.54, 1.807) is 4.90 Å². The molecule has 9 nitrogen and oxygen atoms in total. The molecule has 234 valence electrons. The Balaban J connectivity index is 1.35. The molecule has 43 heavy (non-hydrogen) atoms. The predicted octanol–water partition coefficient (Wildman–Crippen LogP) is 5.23. The van der Waals surface area contributed by atoms with Crippen LogP contribution in [0.25, 0.3) is 0 Å². The van der Waals surface area contributed by atoms with E-state index in [1.807, 2.05) is 0 Å². The summed E-state index contributed by atoms with van der Waals surface area (Å²) in [6, 6.07) is 4.44. The first-order valence-electron chi connectivity index (χ1n) is 14.2. The van der Waals surface area contributed by atoms with Crippen molar-refractivity contribution < 1.29 is 37.3 Å². The summed E-state index contributed by atoms with van der Waals surface area (Å²) in [5.74, 6) is 0.230. The number of rotatable bonds is 13. The standard InChI is InChI=1S/C29H33Cl2F2N3O6S/c30-21-15-34-16-22(31)20(21)14-24(19-3-4-23(42-29(32)33)25(13-19)40-17-18-1-2-18)41-28(38)27-36(9-12-43-27)26(37)5-6-35-7-10-39-11-8-35/h3-4,13,15-16,18,24,27,29H,1-2,5-12,14,17H2. The van der Waals surface area contributed by atoms with Gasteiger partial charge in [-0.1, -0.05) is 29.3 Å². The number of alkyl halides is 2. The fraction of sp³-hybridized carbons (Fsp3) is 0.552. The maximum atomic E-state index is 13.6. The lowest BCUT2D eigenvalue weighted by atomic mass is 10.0. The highest BCUT2D eigenvalue weighted by molar-refractivity contribution is 8.00. The van der Waals surface area contributed by atoms with Gasteiger partial charge in [0.2, 0.25) is 5.91 Å². The molecule has 1 amide bonds. The summed E-state index contributed by atoms with van der Waals surface area (Å²) in [5.41, 5.74) is 0.972. The average molecular weight is 661 g/mol. The monoisotopic (exact) mass is 659 g/mol. The minimum atomic E-state index is -3.04. The fourth-order valence-electron chi connectivity index (χ4n) is 4.91. The first-order chi connectivity index (χ1) is 20.8. The van der Waals surface area contributed by atoms with Gasteiger partial charge >= 0.3 is 12.6 Å². The second-order valence-electron chi connectivity index (χ2n) is 10.6. The maximum Gasteiger partial charge on any atom is 0.387 e. The highest BCUT2D eigenvalue weighted by Gasteiger charge is 2.38. The van der Waals surface area contributed by atoms with E-state index < -0.39 is 24.1 Å². The SMILES string of the molecule is O=C(OC(Cc1c(Cl)cncc1Cl)c1ccc(OC(F)F)c(OCC2CC2)c1)C1SCCN1C(=O)CCN1CCOCC1. The molecule has 2 aromatic rings. The minimum Gasteiger partial charge on any atom is -0.489 e. The molecule has 2 aliphatic heterocycles. The van der Waals surface area contributed by atoms with Gasteiger partial charge in [-0.25, -0.2) is 4.79 Å². The largest absolute Gasteiger partial charge is 0.489 e. The lowest BCUT2D eigenvalue weighted by molar-refractivity contribution is -0.155. The van der Waals surface area contributed by atoms with E-state index in [4.69, 9.17) is 37.4 Å². The Bertz CT molecular complexity index is 1260. The molecule has 2 atom stereocenters. The van der Waals surface area contributed by atoms with Gasteiger partial charge in [0.05, 0.1) is 29.9 Å². The molecule has 1 aliphatic carbocycles. The van der Waals surface area contributed by atoms with E-state index in [0.29, 0.717) is 55.7 Å². The van der Waals surface area contributed by atoms with E-state index in [0.717, 1.165) is 25.9 Å². The van der Waals surface area contributed by atoms with Crippen molar-refractivity contribution in [2.75, 3.05) is 51.8 Å². The number of thioether (sulfide) groups is 1. The number of esters is 1. The summed E-state index contributed by atoms with van der Waals surface area (Å²) >= 11 is 14.2. The van der Waals surface area contributed by atoms with Crippen LogP contribution in [0.3, 0.4) is 0 Å². The number of hydrogen-bond donors (Lipinski definition) is 0. The van der Waals surface area contributed by atoms with Crippen molar-refractivity contribution >= 4 is 46.8 Å². The zero-order chi connectivity index (χ0) is 30.3. The van der Waals surface area contributed by atoms with Gasteiger partial charge in [-0.05, 0) is 42.0 Å². The van der Waals surface area contributed by atoms with Crippen LogP contribution >= 0.6 is 35.0 Å². The Morgan fingerprint density at radius 2 is 1.84 bits per heavy atom. The van der Waals surface area contributed by atoms with Crippen LogP contribution in [0.1, 0.15) is 36.5 Å². The predicted molar refractivity (Wildman–Crippen MR) is 158 cm³/mol. The second kappa shape index (κ2) is 15.1. The smallest absolute Gasteiger partial charge is 0.387 e. The van der Waals surface area contributed by atoms with Crippen LogP contribution in [0.2, 0.25) is 10.0 Å². The molecule has 14 heteroatoms. The van der Waals surface area contributed by atoms with Crippen molar-refractivity contribution in [3.05, 3.63) is 51.8 Å². The number of carbonyl (C=O) groups excluding carboxylic acids is 2. The minimum absolute atomic E-state index is 0.0748. The highest BCUT2D eigenvalue weighted by atomic mass is 35.5. The Morgan fingerprint density at radius 1 is 1.09 bits per heavy atom. The number of amides is 1. The quantitative estimate of drug-likeness (QED) is 0.268. The molecule has 0 spiro atoms. The van der Waals surface area contributed by atoms with E-state index in [-0.39, 0.29) is 40.3 Å². The van der Waals surface area contributed by atoms with E-state index in [9.17, 15) is 18.4 Å². The Labute approximate surface area is 263 Å². The number of carbonyl (C=O) groups is 2. The van der Waals surface area contributed by atoms with E-state index >= 15 is 0 Å². The zero-order valence-electron chi connectivity index (χ0n) is 23.4. The number of nitrogens with zero attached hydrogens (tertiary/aromatic N) is 3. The van der Waals surface area contributed by atoms with Crippen LogP contribution in [0.5, 0.6) is 11.5 Å². The van der Waals surface area contributed by atoms with Crippen LogP contribution in [0, 0.1) is 5.92 Å². The Hall–Kier alpha value is -2.38. The normalized spacial score (nSPS) is 19.8. The summed E-state index contributed by atoms with van der Waals surface area (Å²) in [6.07, 6.45) is 4.31. The number of hydrogen-bond acceptors (Lipinski definition) is 9. The van der Waals surface area contributed by atoms with Crippen LogP contribution in [-0.4, -0.2) is 90.4 Å². The van der Waals surface area contributed by atoms with Gasteiger partial charge in [0.25, 0.3) is 0 Å². The molecule has 2 unspecified atom stereocenters. The van der Waals surface area contributed by atoms with E-state index in [1.165, 1.54) is 42.4 Å². The third-order valence-electron chi connectivity index (χ3n) is 7.49. The molecular formula is C29H33Cl2F2N3O6S. The van der Waals surface area contributed by atoms with Gasteiger partial charge in [0, 0.05) is 57.2 Å². The van der Waals surface area contributed by atoms with Crippen molar-refractivity contribution in [3.63, 3.8) is 0 Å². The molecule has 0 radical (unpaired) electrons. The molecule has 1 saturated carbocycles. The Morgan fingerprint density at radius 3 is 2.53 bits per heavy atom. The summed E-state index contributed by atoms with van der Waals surface area (Å²) in [5, 5.41) is -0.256. The van der Waals surface area contributed by atoms with Gasteiger partial charge < -0.3 is 23.8 Å². The number of pyridine rings is 1. The van der Waals surface area contributed by atoms with Gasteiger partial charge in [0.15, 0.2) is 16.9 Å². The molecule has 5 rings (SSSR count). The second-order valence-corrected chi connectivity index (χ2v) is 12.6. The average Bonchev–Trinajstić information content (AvgIpc) is 3.69. The fourth-order valence-corrected chi connectivity index (χ4v) is 6.55. The summed E-state index contributed by atoms with van der Waals surface area (Å²) in [4.78, 5) is 34.5. The van der Waals surface area contributed by atoms with Crippen LogP contribution in [-0.2, 0) is 25.5 Å². The van der Waals surface area contributed by atoms with Gasteiger partial charge in [-0.3, -0.25) is 14.7 Å². The van der Waals surface area contributed by atoms with Crippen LogP contribution in [0.15, 0.2) is 30.6 Å². The number of benzene rings is 1. The molecule has 3 aliphatic rings. The van der Waals surface area contributed by atoms with Crippen molar-refractivity contribution in [3.8, 4) is 11.5 Å². The highest BCUT2D eigenvalue weighted by Crippen LogP contribution is 2.38. The zero-order valence-corrected chi connectivity index (χ0v) is 25.7. The van der Waals surface area contributed by atoms with Crippen molar-refractivity contribution in [1.29, 1.82) is 0 Å². The lowest BCUT2D eigenvalue weighted by Crippen LogP contribution is -2.43. The first kappa shape index (κ1) is 32.0. The summed E-state index contributed by atoms with van der Waals surface area (Å²) in [7, 11) is 0. The van der Waals surface area contributed by atoms with Gasteiger partial charge in [-0.15, -0.1) is 11.8 Å². The topological polar surface area (TPSA) is 90.4 Å². The molecule has 2 saturated heterocycles. The molecule has 0 N–H and O–H groups in total. The van der Waals surface area contributed by atoms with Gasteiger partial charge in [0.1, 0.15) is 6.10 Å². The van der Waals surface area contributed by atoms with Crippen molar-refractivity contribution in [2.45, 2.75) is 43.8 Å². The summed E-state index contributed by atoms with van der Waals surface area (Å²) < 4.78 is 48.2. The number of ether oxygens (including phenoxy) is 4. The molecule has 1 aromatic carbocycles. The molecule has 1 aromatic heterocycles. The number of morpholine rings is 1. The third kappa shape index (κ3) is 8.85. The maximum absolute atomic E-state index is 13.6.